The number of fused-ring (bicyclic) bond motifs is 10. The molecule has 0 amide bonds. The summed E-state index contributed by atoms with van der Waals surface area (Å²) in [6.45, 7) is 0. The van der Waals surface area contributed by atoms with Crippen molar-refractivity contribution in [3.8, 4) is 51.0 Å². The fourth-order valence-electron chi connectivity index (χ4n) is 9.14. The van der Waals surface area contributed by atoms with Crippen LogP contribution in [0, 0.1) is 0 Å². The molecule has 59 heavy (non-hydrogen) atoms. The second-order valence-electron chi connectivity index (χ2n) is 15.2. The maximum absolute atomic E-state index is 5.10. The Kier molecular flexibility index (Phi) is 7.50. The molecular weight excluding hydrogens is 717 g/mol. The van der Waals surface area contributed by atoms with Gasteiger partial charge in [-0.2, -0.15) is 0 Å². The summed E-state index contributed by atoms with van der Waals surface area (Å²) in [7, 11) is 0. The van der Waals surface area contributed by atoms with E-state index < -0.39 is 0 Å². The van der Waals surface area contributed by atoms with Gasteiger partial charge in [-0.15, -0.1) is 0 Å². The number of rotatable bonds is 5. The third kappa shape index (κ3) is 5.34. The molecule has 0 unspecified atom stereocenters. The Morgan fingerprint density at radius 2 is 0.780 bits per heavy atom. The van der Waals surface area contributed by atoms with Crippen molar-refractivity contribution in [2.24, 2.45) is 0 Å². The summed E-state index contributed by atoms with van der Waals surface area (Å²) in [6.07, 6.45) is 0. The Hall–Kier alpha value is -7.95. The lowest BCUT2D eigenvalue weighted by Crippen LogP contribution is -2.01. The maximum atomic E-state index is 5.10. The molecule has 0 aliphatic rings. The quantitative estimate of drug-likeness (QED) is 0.165. The Labute approximate surface area is 340 Å². The van der Waals surface area contributed by atoms with Crippen molar-refractivity contribution >= 4 is 64.9 Å². The molecule has 0 aliphatic carbocycles. The van der Waals surface area contributed by atoms with Gasteiger partial charge in [0.1, 0.15) is 0 Å². The van der Waals surface area contributed by atoms with Gasteiger partial charge < -0.3 is 4.57 Å². The van der Waals surface area contributed by atoms with Gasteiger partial charge in [0.2, 0.25) is 0 Å². The number of hydrogen-bond donors (Lipinski definition) is 0. The molecule has 0 aliphatic heterocycles. The average Bonchev–Trinajstić information content (AvgIpc) is 3.65. The zero-order valence-electron chi connectivity index (χ0n) is 31.9. The lowest BCUT2D eigenvalue weighted by atomic mass is 9.90. The average molecular weight is 751 g/mol. The van der Waals surface area contributed by atoms with Gasteiger partial charge in [-0.3, -0.25) is 0 Å². The summed E-state index contributed by atoms with van der Waals surface area (Å²) in [4.78, 5) is 15.2. The van der Waals surface area contributed by atoms with E-state index in [-0.39, 0.29) is 0 Å². The molecule has 4 nitrogen and oxygen atoms in total. The highest BCUT2D eigenvalue weighted by Crippen LogP contribution is 2.45. The van der Waals surface area contributed by atoms with E-state index in [4.69, 9.17) is 15.0 Å². The van der Waals surface area contributed by atoms with Crippen molar-refractivity contribution in [3.63, 3.8) is 0 Å². The fraction of sp³-hybridized carbons (Fsp3) is 0. The molecule has 0 bridgehead atoms. The first-order chi connectivity index (χ1) is 29.3. The molecule has 0 saturated heterocycles. The lowest BCUT2D eigenvalue weighted by Gasteiger charge is -2.17. The van der Waals surface area contributed by atoms with Gasteiger partial charge in [-0.05, 0) is 79.0 Å². The Morgan fingerprint density at radius 3 is 1.42 bits per heavy atom. The van der Waals surface area contributed by atoms with Crippen LogP contribution >= 0.6 is 0 Å². The van der Waals surface area contributed by atoms with Crippen molar-refractivity contribution in [1.29, 1.82) is 0 Å². The summed E-state index contributed by atoms with van der Waals surface area (Å²) >= 11 is 0. The molecule has 10 aromatic carbocycles. The standard InChI is InChI=1S/C55H34N4/c1-3-16-35(17-4-1)53-56-54(36-18-5-2-6-19-36)58-55(57-53)39-21-15-22-40(32-39)59-50-29-14-13-28-47(50)49-33-37-20-7-8-23-41(37)51(52(49)59)38-30-31-46-44-26-10-9-24-42(44)43-25-11-12-27-45(43)48(46)34-38/h1-34H. The van der Waals surface area contributed by atoms with E-state index in [0.29, 0.717) is 17.5 Å². The van der Waals surface area contributed by atoms with Crippen LogP contribution in [0.25, 0.3) is 116 Å². The molecule has 0 spiro atoms. The van der Waals surface area contributed by atoms with E-state index in [2.05, 4.69) is 150 Å². The molecule has 2 aromatic heterocycles. The van der Waals surface area contributed by atoms with Crippen LogP contribution in [0.5, 0.6) is 0 Å². The minimum atomic E-state index is 0.625. The number of para-hydroxylation sites is 1. The molecule has 2 heterocycles. The monoisotopic (exact) mass is 750 g/mol. The van der Waals surface area contributed by atoms with Gasteiger partial charge in [-0.1, -0.05) is 176 Å². The summed E-state index contributed by atoms with van der Waals surface area (Å²) in [5, 5.41) is 12.4. The van der Waals surface area contributed by atoms with Gasteiger partial charge in [0.25, 0.3) is 0 Å². The topological polar surface area (TPSA) is 43.6 Å². The van der Waals surface area contributed by atoms with Crippen molar-refractivity contribution < 1.29 is 0 Å². The lowest BCUT2D eigenvalue weighted by molar-refractivity contribution is 1.07. The van der Waals surface area contributed by atoms with Gasteiger partial charge in [0.15, 0.2) is 17.5 Å². The summed E-state index contributed by atoms with van der Waals surface area (Å²) in [5.74, 6) is 1.91. The summed E-state index contributed by atoms with van der Waals surface area (Å²) in [5.41, 5.74) is 8.52. The third-order valence-electron chi connectivity index (χ3n) is 11.8. The molecule has 4 heteroatoms. The number of nitrogens with zero attached hydrogens (tertiary/aromatic N) is 4. The Morgan fingerprint density at radius 1 is 0.288 bits per heavy atom. The Balaban J connectivity index is 1.14. The smallest absolute Gasteiger partial charge is 0.164 e. The molecule has 12 aromatic rings. The van der Waals surface area contributed by atoms with Crippen LogP contribution in [0.3, 0.4) is 0 Å². The second-order valence-corrected chi connectivity index (χ2v) is 15.2. The predicted octanol–water partition coefficient (Wildman–Crippen LogP) is 14.2. The summed E-state index contributed by atoms with van der Waals surface area (Å²) in [6, 6.07) is 73.6. The molecule has 0 saturated carbocycles. The van der Waals surface area contributed by atoms with Crippen molar-refractivity contribution in [2.45, 2.75) is 0 Å². The largest absolute Gasteiger partial charge is 0.309 e. The highest BCUT2D eigenvalue weighted by Gasteiger charge is 2.21. The first-order valence-corrected chi connectivity index (χ1v) is 20.0. The third-order valence-corrected chi connectivity index (χ3v) is 11.8. The molecule has 12 rings (SSSR count). The van der Waals surface area contributed by atoms with Crippen molar-refractivity contribution in [1.82, 2.24) is 19.5 Å². The van der Waals surface area contributed by atoms with Gasteiger partial charge in [0.05, 0.1) is 11.0 Å². The van der Waals surface area contributed by atoms with Gasteiger partial charge in [-0.25, -0.2) is 15.0 Å². The van der Waals surface area contributed by atoms with Crippen LogP contribution in [0.1, 0.15) is 0 Å². The Bertz CT molecular complexity index is 3510. The molecule has 0 fully saturated rings. The number of benzene rings is 10. The van der Waals surface area contributed by atoms with Crippen LogP contribution in [-0.2, 0) is 0 Å². The van der Waals surface area contributed by atoms with Crippen molar-refractivity contribution in [3.05, 3.63) is 206 Å². The summed E-state index contributed by atoms with van der Waals surface area (Å²) < 4.78 is 2.44. The maximum Gasteiger partial charge on any atom is 0.164 e. The van der Waals surface area contributed by atoms with Crippen LogP contribution in [-0.4, -0.2) is 19.5 Å². The van der Waals surface area contributed by atoms with Crippen molar-refractivity contribution in [2.75, 3.05) is 0 Å². The number of aromatic nitrogens is 4. The van der Waals surface area contributed by atoms with Gasteiger partial charge >= 0.3 is 0 Å². The normalized spacial score (nSPS) is 11.7. The minimum Gasteiger partial charge on any atom is -0.309 e. The van der Waals surface area contributed by atoms with E-state index in [9.17, 15) is 0 Å². The van der Waals surface area contributed by atoms with E-state index in [1.165, 1.54) is 65.0 Å². The first-order valence-electron chi connectivity index (χ1n) is 20.0. The van der Waals surface area contributed by atoms with E-state index >= 15 is 0 Å². The second kappa shape index (κ2) is 13.3. The molecule has 0 atom stereocenters. The van der Waals surface area contributed by atoms with Gasteiger partial charge in [0, 0.05) is 38.7 Å². The zero-order valence-corrected chi connectivity index (χ0v) is 31.9. The molecule has 274 valence electrons. The van der Waals surface area contributed by atoms with Crippen LogP contribution < -0.4 is 0 Å². The van der Waals surface area contributed by atoms with Crippen LogP contribution in [0.15, 0.2) is 206 Å². The first kappa shape index (κ1) is 33.2. The van der Waals surface area contributed by atoms with E-state index in [1.54, 1.807) is 0 Å². The van der Waals surface area contributed by atoms with E-state index in [1.807, 2.05) is 60.7 Å². The van der Waals surface area contributed by atoms with Crippen LogP contribution in [0.2, 0.25) is 0 Å². The molecule has 0 radical (unpaired) electrons. The fourth-order valence-corrected chi connectivity index (χ4v) is 9.14. The predicted molar refractivity (Wildman–Crippen MR) is 246 cm³/mol. The number of hydrogen-bond acceptors (Lipinski definition) is 3. The molecular formula is C55H34N4. The molecule has 0 N–H and O–H groups in total. The highest BCUT2D eigenvalue weighted by atomic mass is 15.0. The van der Waals surface area contributed by atoms with E-state index in [0.717, 1.165) is 33.4 Å². The minimum absolute atomic E-state index is 0.625. The SMILES string of the molecule is c1ccc(-c2nc(-c3ccccc3)nc(-c3cccc(-n4c5ccccc5c5cc6ccccc6c(-c6ccc7c8ccccc8c8ccccc8c7c6)c54)c3)n2)cc1. The van der Waals surface area contributed by atoms with Crippen LogP contribution in [0.4, 0.5) is 0 Å². The zero-order chi connectivity index (χ0) is 38.9. The highest BCUT2D eigenvalue weighted by molar-refractivity contribution is 6.27.